The average molecular weight is 279 g/mol. The molecule has 20 heavy (non-hydrogen) atoms. The van der Waals surface area contributed by atoms with Crippen LogP contribution in [-0.4, -0.2) is 54.6 Å². The van der Waals surface area contributed by atoms with Crippen molar-refractivity contribution < 1.29 is 4.79 Å². The Morgan fingerprint density at radius 1 is 1.40 bits per heavy atom. The highest BCUT2D eigenvalue weighted by Crippen LogP contribution is 2.44. The molecule has 2 aliphatic rings. The summed E-state index contributed by atoms with van der Waals surface area (Å²) in [6, 6.07) is 0.579. The summed E-state index contributed by atoms with van der Waals surface area (Å²) in [5, 5.41) is 7.52. The van der Waals surface area contributed by atoms with Crippen molar-refractivity contribution in [2.45, 2.75) is 52.0 Å². The molecule has 1 N–H and O–H groups in total. The van der Waals surface area contributed by atoms with Crippen molar-refractivity contribution in [2.75, 3.05) is 26.7 Å². The van der Waals surface area contributed by atoms with Crippen molar-refractivity contribution >= 4 is 12.1 Å². The molecule has 4 heteroatoms. The van der Waals surface area contributed by atoms with Gasteiger partial charge in [-0.2, -0.15) is 0 Å². The third kappa shape index (κ3) is 3.81. The Labute approximate surface area is 123 Å². The van der Waals surface area contributed by atoms with Gasteiger partial charge in [0, 0.05) is 43.7 Å². The van der Waals surface area contributed by atoms with E-state index in [9.17, 15) is 4.79 Å². The van der Waals surface area contributed by atoms with E-state index in [4.69, 9.17) is 5.41 Å². The second-order valence-electron chi connectivity index (χ2n) is 7.13. The van der Waals surface area contributed by atoms with Gasteiger partial charge < -0.3 is 15.2 Å². The molecule has 1 amide bonds. The lowest BCUT2D eigenvalue weighted by Gasteiger charge is -2.38. The standard InChI is InChI=1S/C16H29N3O/c1-13(2)10-15(20)19-8-4-14(5-9-19)18(3)12-16(11-17)6-7-16/h11,13-14,17H,4-10,12H2,1-3H3. The fraction of sp³-hybridized carbons (Fsp3) is 0.875. The summed E-state index contributed by atoms with van der Waals surface area (Å²) >= 11 is 0. The summed E-state index contributed by atoms with van der Waals surface area (Å²) in [4.78, 5) is 16.5. The van der Waals surface area contributed by atoms with Crippen LogP contribution in [0.1, 0.15) is 46.0 Å². The van der Waals surface area contributed by atoms with Gasteiger partial charge in [-0.1, -0.05) is 13.8 Å². The first-order chi connectivity index (χ1) is 9.46. The minimum absolute atomic E-state index is 0.180. The normalized spacial score (nSPS) is 22.4. The van der Waals surface area contributed by atoms with Gasteiger partial charge >= 0.3 is 0 Å². The summed E-state index contributed by atoms with van der Waals surface area (Å²) in [7, 11) is 2.18. The highest BCUT2D eigenvalue weighted by atomic mass is 16.2. The number of carbonyl (C=O) groups excluding carboxylic acids is 1. The molecule has 1 aliphatic heterocycles. The molecule has 0 unspecified atom stereocenters. The molecule has 0 spiro atoms. The number of hydrogen-bond donors (Lipinski definition) is 1. The van der Waals surface area contributed by atoms with Gasteiger partial charge in [-0.3, -0.25) is 4.79 Å². The Hall–Kier alpha value is -0.900. The predicted molar refractivity (Wildman–Crippen MR) is 82.1 cm³/mol. The summed E-state index contributed by atoms with van der Waals surface area (Å²) in [5.41, 5.74) is 0.180. The Morgan fingerprint density at radius 2 is 2.00 bits per heavy atom. The highest BCUT2D eigenvalue weighted by Gasteiger charge is 2.42. The van der Waals surface area contributed by atoms with Crippen LogP contribution in [0.25, 0.3) is 0 Å². The molecule has 1 saturated heterocycles. The van der Waals surface area contributed by atoms with E-state index in [0.29, 0.717) is 24.3 Å². The van der Waals surface area contributed by atoms with Crippen LogP contribution in [0.3, 0.4) is 0 Å². The second-order valence-corrected chi connectivity index (χ2v) is 7.13. The quantitative estimate of drug-likeness (QED) is 0.759. The zero-order valence-electron chi connectivity index (χ0n) is 13.2. The SMILES string of the molecule is CC(C)CC(=O)N1CCC(N(C)CC2(C=N)CC2)CC1. The Balaban J connectivity index is 1.76. The van der Waals surface area contributed by atoms with E-state index in [-0.39, 0.29) is 5.41 Å². The third-order valence-electron chi connectivity index (χ3n) is 4.79. The fourth-order valence-electron chi connectivity index (χ4n) is 3.17. The zero-order valence-corrected chi connectivity index (χ0v) is 13.2. The van der Waals surface area contributed by atoms with Gasteiger partial charge in [-0.25, -0.2) is 0 Å². The molecule has 0 atom stereocenters. The lowest BCUT2D eigenvalue weighted by Crippen LogP contribution is -2.47. The first kappa shape index (κ1) is 15.5. The predicted octanol–water partition coefficient (Wildman–Crippen LogP) is 2.39. The van der Waals surface area contributed by atoms with Gasteiger partial charge in [0.15, 0.2) is 0 Å². The van der Waals surface area contributed by atoms with E-state index < -0.39 is 0 Å². The molecule has 1 saturated carbocycles. The van der Waals surface area contributed by atoms with E-state index in [1.54, 1.807) is 6.21 Å². The lowest BCUT2D eigenvalue weighted by molar-refractivity contribution is -0.133. The number of nitrogens with zero attached hydrogens (tertiary/aromatic N) is 2. The summed E-state index contributed by atoms with van der Waals surface area (Å²) < 4.78 is 0. The Morgan fingerprint density at radius 3 is 2.45 bits per heavy atom. The smallest absolute Gasteiger partial charge is 0.222 e. The summed E-state index contributed by atoms with van der Waals surface area (Å²) in [6.07, 6.45) is 6.82. The lowest BCUT2D eigenvalue weighted by atomic mass is 10.00. The Kier molecular flexibility index (Phi) is 4.84. The van der Waals surface area contributed by atoms with Crippen molar-refractivity contribution in [3.63, 3.8) is 0 Å². The zero-order chi connectivity index (χ0) is 14.8. The van der Waals surface area contributed by atoms with Gasteiger partial charge in [-0.05, 0) is 38.6 Å². The van der Waals surface area contributed by atoms with Gasteiger partial charge in [0.1, 0.15) is 0 Å². The number of rotatable bonds is 6. The van der Waals surface area contributed by atoms with Gasteiger partial charge in [-0.15, -0.1) is 0 Å². The van der Waals surface area contributed by atoms with E-state index >= 15 is 0 Å². The topological polar surface area (TPSA) is 47.4 Å². The van der Waals surface area contributed by atoms with Crippen LogP contribution in [-0.2, 0) is 4.79 Å². The molecular weight excluding hydrogens is 250 g/mol. The highest BCUT2D eigenvalue weighted by molar-refractivity contribution is 5.76. The molecule has 2 rings (SSSR count). The molecule has 0 bridgehead atoms. The third-order valence-corrected chi connectivity index (χ3v) is 4.79. The minimum atomic E-state index is 0.180. The van der Waals surface area contributed by atoms with Crippen LogP contribution in [0.15, 0.2) is 0 Å². The van der Waals surface area contributed by atoms with E-state index in [0.717, 1.165) is 32.5 Å². The van der Waals surface area contributed by atoms with Gasteiger partial charge in [0.2, 0.25) is 5.91 Å². The molecule has 0 radical (unpaired) electrons. The summed E-state index contributed by atoms with van der Waals surface area (Å²) in [5.74, 6) is 0.768. The van der Waals surface area contributed by atoms with Crippen molar-refractivity contribution in [3.8, 4) is 0 Å². The number of hydrogen-bond acceptors (Lipinski definition) is 3. The minimum Gasteiger partial charge on any atom is -0.343 e. The maximum absolute atomic E-state index is 12.1. The van der Waals surface area contributed by atoms with E-state index in [1.807, 2.05) is 4.90 Å². The van der Waals surface area contributed by atoms with Crippen molar-refractivity contribution in [3.05, 3.63) is 0 Å². The van der Waals surface area contributed by atoms with Crippen LogP contribution in [0, 0.1) is 16.7 Å². The largest absolute Gasteiger partial charge is 0.343 e. The summed E-state index contributed by atoms with van der Waals surface area (Å²) in [6.45, 7) is 7.02. The van der Waals surface area contributed by atoms with Crippen molar-refractivity contribution in [1.82, 2.24) is 9.80 Å². The van der Waals surface area contributed by atoms with Crippen LogP contribution >= 0.6 is 0 Å². The molecule has 0 aromatic carbocycles. The number of carbonyl (C=O) groups is 1. The average Bonchev–Trinajstić information content (AvgIpc) is 3.18. The maximum atomic E-state index is 12.1. The van der Waals surface area contributed by atoms with Gasteiger partial charge in [0.05, 0.1) is 0 Å². The fourth-order valence-corrected chi connectivity index (χ4v) is 3.17. The maximum Gasteiger partial charge on any atom is 0.222 e. The van der Waals surface area contributed by atoms with E-state index in [1.165, 1.54) is 12.8 Å². The number of nitrogens with one attached hydrogen (secondary N) is 1. The number of likely N-dealkylation sites (tertiary alicyclic amines) is 1. The second kappa shape index (κ2) is 6.25. The Bertz CT molecular complexity index is 355. The molecule has 1 heterocycles. The monoisotopic (exact) mass is 279 g/mol. The molecular formula is C16H29N3O. The van der Waals surface area contributed by atoms with Gasteiger partial charge in [0.25, 0.3) is 0 Å². The molecule has 0 aromatic heterocycles. The van der Waals surface area contributed by atoms with Crippen molar-refractivity contribution in [2.24, 2.45) is 11.3 Å². The van der Waals surface area contributed by atoms with Crippen LogP contribution in [0.2, 0.25) is 0 Å². The van der Waals surface area contributed by atoms with Crippen LogP contribution in [0.4, 0.5) is 0 Å². The first-order valence-corrected chi connectivity index (χ1v) is 7.95. The van der Waals surface area contributed by atoms with Crippen molar-refractivity contribution in [1.29, 1.82) is 5.41 Å². The van der Waals surface area contributed by atoms with Crippen LogP contribution in [0.5, 0.6) is 0 Å². The van der Waals surface area contributed by atoms with Crippen LogP contribution < -0.4 is 0 Å². The molecule has 114 valence electrons. The first-order valence-electron chi connectivity index (χ1n) is 7.95. The molecule has 0 aromatic rings. The molecule has 1 aliphatic carbocycles. The van der Waals surface area contributed by atoms with E-state index in [2.05, 4.69) is 25.8 Å². The number of piperidine rings is 1. The molecule has 2 fully saturated rings. The molecule has 4 nitrogen and oxygen atoms in total. The number of amides is 1.